The highest BCUT2D eigenvalue weighted by Gasteiger charge is 2.10. The van der Waals surface area contributed by atoms with Crippen molar-refractivity contribution in [1.29, 1.82) is 0 Å². The van der Waals surface area contributed by atoms with Gasteiger partial charge >= 0.3 is 0 Å². The van der Waals surface area contributed by atoms with Crippen LogP contribution >= 0.6 is 11.6 Å². The van der Waals surface area contributed by atoms with Crippen LogP contribution in [0.1, 0.15) is 15.9 Å². The summed E-state index contributed by atoms with van der Waals surface area (Å²) in [5.41, 5.74) is 1.07. The second kappa shape index (κ2) is 5.61. The lowest BCUT2D eigenvalue weighted by molar-refractivity contribution is 0.104. The Balaban J connectivity index is 2.23. The van der Waals surface area contributed by atoms with E-state index in [1.165, 1.54) is 24.3 Å². The molecule has 0 heterocycles. The zero-order valence-electron chi connectivity index (χ0n) is 9.44. The van der Waals surface area contributed by atoms with Crippen molar-refractivity contribution in [3.8, 4) is 0 Å². The second-order valence-corrected chi connectivity index (χ2v) is 4.09. The molecule has 2 aromatic carbocycles. The number of carbonyl (C=O) groups is 1. The maximum absolute atomic E-state index is 13.2. The van der Waals surface area contributed by atoms with Crippen molar-refractivity contribution in [1.82, 2.24) is 0 Å². The molecule has 0 saturated heterocycles. The molecule has 0 bridgehead atoms. The van der Waals surface area contributed by atoms with E-state index in [1.54, 1.807) is 6.08 Å². The Labute approximate surface area is 110 Å². The van der Waals surface area contributed by atoms with Gasteiger partial charge in [0.2, 0.25) is 0 Å². The monoisotopic (exact) mass is 260 g/mol. The van der Waals surface area contributed by atoms with Crippen molar-refractivity contribution in [2.24, 2.45) is 0 Å². The Morgan fingerprint density at radius 1 is 1.06 bits per heavy atom. The lowest BCUT2D eigenvalue weighted by Gasteiger charge is -2.00. The van der Waals surface area contributed by atoms with Crippen molar-refractivity contribution < 1.29 is 9.18 Å². The van der Waals surface area contributed by atoms with Gasteiger partial charge in [-0.15, -0.1) is 0 Å². The number of carbonyl (C=O) groups excluding carboxylic acids is 1. The molecule has 2 rings (SSSR count). The molecule has 0 radical (unpaired) electrons. The molecule has 1 nitrogen and oxygen atoms in total. The Morgan fingerprint density at radius 2 is 1.78 bits per heavy atom. The van der Waals surface area contributed by atoms with Crippen LogP contribution in [-0.2, 0) is 0 Å². The van der Waals surface area contributed by atoms with Crippen LogP contribution in [0.4, 0.5) is 4.39 Å². The number of hydrogen-bond acceptors (Lipinski definition) is 1. The average Bonchev–Trinajstić information content (AvgIpc) is 2.40. The average molecular weight is 261 g/mol. The molecular weight excluding hydrogens is 251 g/mol. The summed E-state index contributed by atoms with van der Waals surface area (Å²) in [5, 5.41) is -0.139. The topological polar surface area (TPSA) is 17.1 Å². The lowest BCUT2D eigenvalue weighted by Crippen LogP contribution is -1.96. The summed E-state index contributed by atoms with van der Waals surface area (Å²) < 4.78 is 13.2. The molecule has 0 aliphatic carbocycles. The van der Waals surface area contributed by atoms with E-state index in [2.05, 4.69) is 0 Å². The Hall–Kier alpha value is -1.93. The molecule has 0 fully saturated rings. The fraction of sp³-hybridized carbons (Fsp3) is 0. The highest BCUT2D eigenvalue weighted by Crippen LogP contribution is 2.20. The molecule has 0 atom stereocenters. The number of hydrogen-bond donors (Lipinski definition) is 0. The van der Waals surface area contributed by atoms with Gasteiger partial charge in [0, 0.05) is 5.56 Å². The van der Waals surface area contributed by atoms with Crippen molar-refractivity contribution >= 4 is 23.5 Å². The van der Waals surface area contributed by atoms with Crippen LogP contribution < -0.4 is 0 Å². The van der Waals surface area contributed by atoms with Crippen LogP contribution in [0, 0.1) is 5.82 Å². The Kier molecular flexibility index (Phi) is 3.90. The van der Waals surface area contributed by atoms with E-state index >= 15 is 0 Å². The van der Waals surface area contributed by atoms with E-state index in [4.69, 9.17) is 11.6 Å². The minimum Gasteiger partial charge on any atom is -0.289 e. The Morgan fingerprint density at radius 3 is 2.50 bits per heavy atom. The van der Waals surface area contributed by atoms with Gasteiger partial charge in [-0.05, 0) is 23.8 Å². The van der Waals surface area contributed by atoms with Crippen LogP contribution in [-0.4, -0.2) is 5.78 Å². The van der Waals surface area contributed by atoms with Crippen LogP contribution in [0.15, 0.2) is 54.6 Å². The van der Waals surface area contributed by atoms with Gasteiger partial charge in [-0.1, -0.05) is 54.1 Å². The quantitative estimate of drug-likeness (QED) is 0.591. The molecule has 90 valence electrons. The van der Waals surface area contributed by atoms with Gasteiger partial charge in [-0.3, -0.25) is 4.79 Å². The molecule has 0 aliphatic rings. The summed E-state index contributed by atoms with van der Waals surface area (Å²) in [6, 6.07) is 13.6. The first-order valence-corrected chi connectivity index (χ1v) is 5.78. The highest BCUT2D eigenvalue weighted by molar-refractivity contribution is 6.34. The van der Waals surface area contributed by atoms with E-state index in [9.17, 15) is 9.18 Å². The van der Waals surface area contributed by atoms with E-state index in [-0.39, 0.29) is 16.4 Å². The highest BCUT2D eigenvalue weighted by atomic mass is 35.5. The molecule has 2 aromatic rings. The molecule has 0 saturated carbocycles. The predicted octanol–water partition coefficient (Wildman–Crippen LogP) is 4.38. The van der Waals surface area contributed by atoms with Gasteiger partial charge in [0.15, 0.2) is 5.78 Å². The first-order valence-electron chi connectivity index (χ1n) is 5.40. The molecular formula is C15H10ClFO. The van der Waals surface area contributed by atoms with Crippen LogP contribution in [0.5, 0.6) is 0 Å². The summed E-state index contributed by atoms with van der Waals surface area (Å²) >= 11 is 5.74. The zero-order chi connectivity index (χ0) is 13.0. The van der Waals surface area contributed by atoms with Gasteiger partial charge in [-0.2, -0.15) is 0 Å². The van der Waals surface area contributed by atoms with E-state index < -0.39 is 5.82 Å². The maximum atomic E-state index is 13.2. The van der Waals surface area contributed by atoms with E-state index in [0.29, 0.717) is 0 Å². The molecule has 0 spiro atoms. The number of ketones is 1. The summed E-state index contributed by atoms with van der Waals surface area (Å²) in [7, 11) is 0. The third-order valence-corrected chi connectivity index (χ3v) is 2.83. The lowest BCUT2D eigenvalue weighted by atomic mass is 10.1. The second-order valence-electron chi connectivity index (χ2n) is 3.71. The smallest absolute Gasteiger partial charge is 0.187 e. The summed E-state index contributed by atoms with van der Waals surface area (Å²) in [6.45, 7) is 0. The SMILES string of the molecule is O=C(C=Cc1ccccc1)c1cccc(F)c1Cl. The maximum Gasteiger partial charge on any atom is 0.187 e. The van der Waals surface area contributed by atoms with Gasteiger partial charge in [-0.25, -0.2) is 4.39 Å². The van der Waals surface area contributed by atoms with E-state index in [0.717, 1.165) is 5.56 Å². The minimum atomic E-state index is -0.587. The standard InChI is InChI=1S/C15H10ClFO/c16-15-12(7-4-8-13(15)17)14(18)10-9-11-5-2-1-3-6-11/h1-10H. The number of rotatable bonds is 3. The number of halogens is 2. The fourth-order valence-electron chi connectivity index (χ4n) is 1.52. The van der Waals surface area contributed by atoms with Crippen molar-refractivity contribution in [2.75, 3.05) is 0 Å². The third kappa shape index (κ3) is 2.84. The molecule has 18 heavy (non-hydrogen) atoms. The van der Waals surface area contributed by atoms with Crippen LogP contribution in [0.25, 0.3) is 6.08 Å². The van der Waals surface area contributed by atoms with Crippen LogP contribution in [0.2, 0.25) is 5.02 Å². The summed E-state index contributed by atoms with van der Waals surface area (Å²) in [6.07, 6.45) is 3.06. The zero-order valence-corrected chi connectivity index (χ0v) is 10.2. The minimum absolute atomic E-state index is 0.139. The predicted molar refractivity (Wildman–Crippen MR) is 71.2 cm³/mol. The number of benzene rings is 2. The molecule has 0 N–H and O–H groups in total. The van der Waals surface area contributed by atoms with Crippen LogP contribution in [0.3, 0.4) is 0 Å². The van der Waals surface area contributed by atoms with Crippen molar-refractivity contribution in [3.05, 3.63) is 76.6 Å². The normalized spacial score (nSPS) is 10.8. The van der Waals surface area contributed by atoms with Crippen molar-refractivity contribution in [2.45, 2.75) is 0 Å². The molecule has 0 aliphatic heterocycles. The fourth-order valence-corrected chi connectivity index (χ4v) is 1.74. The number of allylic oxidation sites excluding steroid dienone is 1. The summed E-state index contributed by atoms with van der Waals surface area (Å²) in [4.78, 5) is 11.9. The largest absolute Gasteiger partial charge is 0.289 e. The first kappa shape index (κ1) is 12.5. The van der Waals surface area contributed by atoms with Gasteiger partial charge < -0.3 is 0 Å². The van der Waals surface area contributed by atoms with Gasteiger partial charge in [0.25, 0.3) is 0 Å². The summed E-state index contributed by atoms with van der Waals surface area (Å²) in [5.74, 6) is -0.904. The molecule has 0 aromatic heterocycles. The van der Waals surface area contributed by atoms with Crippen molar-refractivity contribution in [3.63, 3.8) is 0 Å². The molecule has 3 heteroatoms. The molecule has 0 amide bonds. The van der Waals surface area contributed by atoms with Gasteiger partial charge in [0.05, 0.1) is 5.02 Å². The Bertz CT molecular complexity index is 591. The first-order chi connectivity index (χ1) is 8.68. The molecule has 0 unspecified atom stereocenters. The third-order valence-electron chi connectivity index (χ3n) is 2.44. The van der Waals surface area contributed by atoms with Gasteiger partial charge in [0.1, 0.15) is 5.82 Å². The van der Waals surface area contributed by atoms with E-state index in [1.807, 2.05) is 30.3 Å².